The topological polar surface area (TPSA) is 68.0 Å². The van der Waals surface area contributed by atoms with Gasteiger partial charge in [0.25, 0.3) is 6.07 Å². The largest absolute Gasteiger partial charge is 0.460 e. The molecule has 1 spiro atoms. The first-order chi connectivity index (χ1) is 19.7. The van der Waals surface area contributed by atoms with Crippen LogP contribution < -0.4 is 0 Å². The number of carbonyl (C=O) groups is 2. The number of benzene rings is 1. The van der Waals surface area contributed by atoms with Crippen LogP contribution in [0.25, 0.3) is 4.85 Å². The predicted molar refractivity (Wildman–Crippen MR) is 162 cm³/mol. The van der Waals surface area contributed by atoms with Crippen molar-refractivity contribution in [2.24, 2.45) is 44.3 Å². The Hall–Kier alpha value is -2.45. The van der Waals surface area contributed by atoms with E-state index in [9.17, 15) is 14.7 Å². The van der Waals surface area contributed by atoms with Crippen molar-refractivity contribution < 1.29 is 19.4 Å². The van der Waals surface area contributed by atoms with E-state index in [1.54, 1.807) is 0 Å². The number of esters is 1. The van der Waals surface area contributed by atoms with Crippen LogP contribution in [0.4, 0.5) is 0 Å². The lowest BCUT2D eigenvalue weighted by Gasteiger charge is -2.69. The van der Waals surface area contributed by atoms with Crippen molar-refractivity contribution >= 4 is 11.8 Å². The highest BCUT2D eigenvalue weighted by Gasteiger charge is 2.85. The van der Waals surface area contributed by atoms with E-state index in [0.717, 1.165) is 56.9 Å². The van der Waals surface area contributed by atoms with Gasteiger partial charge in [0.2, 0.25) is 5.41 Å². The maximum Gasteiger partial charge on any atom is 0.312 e. The minimum absolute atomic E-state index is 0.0780. The molecule has 5 aliphatic carbocycles. The molecule has 0 bridgehead atoms. The number of hydrogen-bond acceptors (Lipinski definition) is 4. The van der Waals surface area contributed by atoms with Crippen LogP contribution in [0.3, 0.4) is 0 Å². The zero-order chi connectivity index (χ0) is 30.0. The SMILES string of the molecule is C[C@]1(C(=O)OCc2ccccc2)CC[C@]2(C)CC[C@]3(C)C(=CC(=O)[C@@H]4[C@@]5(C)CC[C@H](O)[C@@]6(C)C#[N+][C@]65CC[C@]43C)[C@@H]2C1. The Labute approximate surface area is 251 Å². The van der Waals surface area contributed by atoms with Gasteiger partial charge in [0.15, 0.2) is 5.78 Å². The lowest BCUT2D eigenvalue weighted by Crippen LogP contribution is -2.75. The highest BCUT2D eigenvalue weighted by Crippen LogP contribution is 2.77. The second-order valence-corrected chi connectivity index (χ2v) is 16.5. The summed E-state index contributed by atoms with van der Waals surface area (Å²) in [6.07, 6.45) is 9.61. The third-order valence-corrected chi connectivity index (χ3v) is 14.7. The lowest BCUT2D eigenvalue weighted by atomic mass is 9.31. The molecule has 0 radical (unpaired) electrons. The molecule has 5 heteroatoms. The van der Waals surface area contributed by atoms with Crippen molar-refractivity contribution in [2.45, 2.75) is 118 Å². The first-order valence-corrected chi connectivity index (χ1v) is 16.3. The van der Waals surface area contributed by atoms with Gasteiger partial charge < -0.3 is 9.84 Å². The first kappa shape index (κ1) is 28.3. The van der Waals surface area contributed by atoms with E-state index in [0.29, 0.717) is 13.0 Å². The van der Waals surface area contributed by atoms with Gasteiger partial charge in [-0.05, 0) is 99.0 Å². The van der Waals surface area contributed by atoms with E-state index in [4.69, 9.17) is 9.58 Å². The smallest absolute Gasteiger partial charge is 0.312 e. The number of aliphatic hydroxyl groups is 1. The van der Waals surface area contributed by atoms with Crippen molar-refractivity contribution in [2.75, 3.05) is 0 Å². The van der Waals surface area contributed by atoms with Crippen molar-refractivity contribution in [1.29, 1.82) is 0 Å². The molecule has 5 nitrogen and oxygen atoms in total. The fourth-order valence-corrected chi connectivity index (χ4v) is 11.4. The highest BCUT2D eigenvalue weighted by molar-refractivity contribution is 5.96. The highest BCUT2D eigenvalue weighted by atomic mass is 16.5. The Morgan fingerprint density at radius 2 is 1.67 bits per heavy atom. The zero-order valence-electron chi connectivity index (χ0n) is 26.4. The third-order valence-electron chi connectivity index (χ3n) is 14.7. The second-order valence-electron chi connectivity index (χ2n) is 16.5. The molecule has 6 aliphatic rings. The van der Waals surface area contributed by atoms with Gasteiger partial charge in [-0.25, -0.2) is 0 Å². The Balaban J connectivity index is 1.24. The fraction of sp³-hybridized carbons (Fsp3) is 0.703. The van der Waals surface area contributed by atoms with Crippen LogP contribution >= 0.6 is 0 Å². The van der Waals surface area contributed by atoms with E-state index >= 15 is 0 Å². The molecule has 0 unspecified atom stereocenters. The number of hydrogen-bond donors (Lipinski definition) is 1. The number of aliphatic hydroxyl groups excluding tert-OH is 1. The summed E-state index contributed by atoms with van der Waals surface area (Å²) >= 11 is 0. The quantitative estimate of drug-likeness (QED) is 0.382. The molecule has 4 saturated carbocycles. The van der Waals surface area contributed by atoms with Crippen molar-refractivity contribution in [3.63, 3.8) is 0 Å². The third kappa shape index (κ3) is 3.23. The average molecular weight is 571 g/mol. The van der Waals surface area contributed by atoms with Gasteiger partial charge in [0.05, 0.1) is 16.9 Å². The van der Waals surface area contributed by atoms with Crippen LogP contribution in [-0.4, -0.2) is 28.5 Å². The number of carbonyl (C=O) groups excluding carboxylic acids is 2. The number of allylic oxidation sites excluding steroid dienone is 2. The molecule has 42 heavy (non-hydrogen) atoms. The van der Waals surface area contributed by atoms with Gasteiger partial charge >= 0.3 is 11.5 Å². The standard InChI is InChI=1S/C37H48NO4/c1-31-14-15-32(2,30(41)42-22-24-10-8-7-9-11-24)21-26(31)25-20-27(39)29-34(4,33(25,3)17-16-31)18-19-37-35(29,5)13-12-28(40)36(37,6)23-38-37/h7-11,20,26,28-29,40H,12-19,21-22H2,1-6H3/q+1/t26-,28-,29-,31+,32-,33+,34+,35+,36+,37-/m0/s1. The fourth-order valence-electron chi connectivity index (χ4n) is 11.4. The van der Waals surface area contributed by atoms with E-state index < -0.39 is 22.5 Å². The summed E-state index contributed by atoms with van der Waals surface area (Å²) in [5.41, 5.74) is 0.254. The van der Waals surface area contributed by atoms with Gasteiger partial charge in [0, 0.05) is 12.3 Å². The number of ketones is 1. The minimum Gasteiger partial charge on any atom is -0.460 e. The molecule has 1 N–H and O–H groups in total. The van der Waals surface area contributed by atoms with E-state index in [1.807, 2.05) is 36.4 Å². The van der Waals surface area contributed by atoms with E-state index in [2.05, 4.69) is 47.6 Å². The molecule has 0 aromatic heterocycles. The molecule has 10 atom stereocenters. The summed E-state index contributed by atoms with van der Waals surface area (Å²) in [6.45, 7) is 14.0. The van der Waals surface area contributed by atoms with Crippen LogP contribution in [0, 0.1) is 50.4 Å². The van der Waals surface area contributed by atoms with Crippen LogP contribution in [0.5, 0.6) is 0 Å². The minimum atomic E-state index is -0.570. The molecule has 4 fully saturated rings. The molecule has 1 heterocycles. The molecule has 1 aromatic rings. The van der Waals surface area contributed by atoms with Crippen LogP contribution in [0.1, 0.15) is 105 Å². The molecule has 0 amide bonds. The van der Waals surface area contributed by atoms with Crippen molar-refractivity contribution in [1.82, 2.24) is 0 Å². The number of fused-ring (bicyclic) bond motifs is 6. The summed E-state index contributed by atoms with van der Waals surface area (Å²) in [7, 11) is 0. The van der Waals surface area contributed by atoms with Gasteiger partial charge in [-0.15, -0.1) is 0 Å². The normalized spacial score (nSPS) is 50.2. The predicted octanol–water partition coefficient (Wildman–Crippen LogP) is 7.52. The molecule has 0 saturated heterocycles. The maximum atomic E-state index is 14.6. The number of rotatable bonds is 3. The summed E-state index contributed by atoms with van der Waals surface area (Å²) in [6, 6.07) is 13.2. The second kappa shape index (κ2) is 8.59. The zero-order valence-corrected chi connectivity index (χ0v) is 26.4. The summed E-state index contributed by atoms with van der Waals surface area (Å²) in [5.74, 6) is 0.174. The Kier molecular flexibility index (Phi) is 5.79. The van der Waals surface area contributed by atoms with E-state index in [1.165, 1.54) is 5.57 Å². The molecule has 1 aromatic carbocycles. The Morgan fingerprint density at radius 3 is 2.36 bits per heavy atom. The van der Waals surface area contributed by atoms with Gasteiger partial charge in [-0.2, -0.15) is 0 Å². The molecule has 224 valence electrons. The summed E-state index contributed by atoms with van der Waals surface area (Å²) in [5, 5.41) is 11.1. The first-order valence-electron chi connectivity index (χ1n) is 16.3. The van der Waals surface area contributed by atoms with Gasteiger partial charge in [-0.1, -0.05) is 68.4 Å². The molecule has 1 aliphatic heterocycles. The Morgan fingerprint density at radius 1 is 0.952 bits per heavy atom. The number of nitrogens with zero attached hydrogens (tertiary/aromatic N) is 1. The number of ether oxygens (including phenoxy) is 1. The van der Waals surface area contributed by atoms with Crippen LogP contribution in [0.2, 0.25) is 0 Å². The van der Waals surface area contributed by atoms with Crippen LogP contribution in [0.15, 0.2) is 42.0 Å². The summed E-state index contributed by atoms with van der Waals surface area (Å²) in [4.78, 5) is 33.2. The lowest BCUT2D eigenvalue weighted by molar-refractivity contribution is -0.200. The molecular weight excluding hydrogens is 522 g/mol. The van der Waals surface area contributed by atoms with Crippen molar-refractivity contribution in [3.05, 3.63) is 52.4 Å². The molecule has 7 rings (SSSR count). The Bertz CT molecular complexity index is 1460. The van der Waals surface area contributed by atoms with Crippen molar-refractivity contribution in [3.8, 4) is 6.07 Å². The summed E-state index contributed by atoms with van der Waals surface area (Å²) < 4.78 is 5.93. The molecular formula is C37H48NO4+. The maximum absolute atomic E-state index is 14.6. The van der Waals surface area contributed by atoms with Gasteiger partial charge in [-0.3, -0.25) is 9.59 Å². The van der Waals surface area contributed by atoms with Gasteiger partial charge in [0.1, 0.15) is 6.61 Å². The monoisotopic (exact) mass is 570 g/mol. The van der Waals surface area contributed by atoms with Crippen LogP contribution in [-0.2, 0) is 20.9 Å². The average Bonchev–Trinajstić information content (AvgIpc) is 2.95. The van der Waals surface area contributed by atoms with E-state index in [-0.39, 0.29) is 45.2 Å².